The predicted molar refractivity (Wildman–Crippen MR) is 85.0 cm³/mol. The summed E-state index contributed by atoms with van der Waals surface area (Å²) in [7, 11) is 1.70. The first kappa shape index (κ1) is 15.1. The van der Waals surface area contributed by atoms with Gasteiger partial charge in [-0.1, -0.05) is 12.1 Å². The van der Waals surface area contributed by atoms with E-state index in [-0.39, 0.29) is 6.10 Å². The van der Waals surface area contributed by atoms with Crippen LogP contribution in [0.1, 0.15) is 17.0 Å². The Bertz CT molecular complexity index is 611. The first-order valence-electron chi connectivity index (χ1n) is 7.70. The van der Waals surface area contributed by atoms with E-state index in [0.717, 1.165) is 49.8 Å². The van der Waals surface area contributed by atoms with Crippen molar-refractivity contribution in [1.82, 2.24) is 14.9 Å². The summed E-state index contributed by atoms with van der Waals surface area (Å²) in [5.41, 5.74) is 3.53. The molecule has 22 heavy (non-hydrogen) atoms. The lowest BCUT2D eigenvalue weighted by Gasteiger charge is -2.32. The number of aromatic amines is 1. The Hall–Kier alpha value is -1.85. The second-order valence-electron chi connectivity index (χ2n) is 5.76. The second-order valence-corrected chi connectivity index (χ2v) is 5.76. The maximum atomic E-state index is 5.92. The van der Waals surface area contributed by atoms with E-state index in [4.69, 9.17) is 9.47 Å². The van der Waals surface area contributed by atoms with E-state index in [0.29, 0.717) is 0 Å². The van der Waals surface area contributed by atoms with Crippen molar-refractivity contribution < 1.29 is 9.47 Å². The van der Waals surface area contributed by atoms with Crippen LogP contribution in [-0.4, -0.2) is 47.8 Å². The molecule has 1 aromatic heterocycles. The zero-order valence-corrected chi connectivity index (χ0v) is 13.2. The van der Waals surface area contributed by atoms with Gasteiger partial charge in [0, 0.05) is 31.7 Å². The highest BCUT2D eigenvalue weighted by Gasteiger charge is 2.22. The SMILES string of the molecule is COc1cccc(CC2CN(Cc3nc[nH]c3C)CCO2)c1. The summed E-state index contributed by atoms with van der Waals surface area (Å²) in [6, 6.07) is 8.21. The highest BCUT2D eigenvalue weighted by molar-refractivity contribution is 5.28. The molecule has 1 N–H and O–H groups in total. The number of aromatic nitrogens is 2. The van der Waals surface area contributed by atoms with Gasteiger partial charge in [-0.05, 0) is 24.6 Å². The number of nitrogens with zero attached hydrogens (tertiary/aromatic N) is 2. The van der Waals surface area contributed by atoms with Crippen LogP contribution in [0.4, 0.5) is 0 Å². The second kappa shape index (κ2) is 6.94. The number of aryl methyl sites for hydroxylation is 1. The fourth-order valence-electron chi connectivity index (χ4n) is 2.87. The van der Waals surface area contributed by atoms with Gasteiger partial charge in [0.2, 0.25) is 0 Å². The highest BCUT2D eigenvalue weighted by atomic mass is 16.5. The summed E-state index contributed by atoms with van der Waals surface area (Å²) in [6.45, 7) is 5.62. The van der Waals surface area contributed by atoms with Crippen molar-refractivity contribution in [3.05, 3.63) is 47.5 Å². The van der Waals surface area contributed by atoms with Crippen molar-refractivity contribution in [3.63, 3.8) is 0 Å². The molecule has 3 rings (SSSR count). The Kier molecular flexibility index (Phi) is 4.75. The van der Waals surface area contributed by atoms with Crippen LogP contribution in [0.5, 0.6) is 5.75 Å². The largest absolute Gasteiger partial charge is 0.497 e. The first-order valence-corrected chi connectivity index (χ1v) is 7.70. The lowest BCUT2D eigenvalue weighted by molar-refractivity contribution is -0.0308. The Morgan fingerprint density at radius 2 is 2.36 bits per heavy atom. The van der Waals surface area contributed by atoms with Gasteiger partial charge in [-0.25, -0.2) is 4.98 Å². The van der Waals surface area contributed by atoms with Crippen LogP contribution < -0.4 is 4.74 Å². The standard InChI is InChI=1S/C17H23N3O2/c1-13-17(19-12-18-13)11-20-6-7-22-16(10-20)9-14-4-3-5-15(8-14)21-2/h3-5,8,12,16H,6-7,9-11H2,1-2H3,(H,18,19). The molecule has 5 heteroatoms. The molecular formula is C17H23N3O2. The average Bonchev–Trinajstić information content (AvgIpc) is 2.93. The number of ether oxygens (including phenoxy) is 2. The fraction of sp³-hybridized carbons (Fsp3) is 0.471. The van der Waals surface area contributed by atoms with Gasteiger partial charge < -0.3 is 14.5 Å². The van der Waals surface area contributed by atoms with Crippen LogP contribution in [0.3, 0.4) is 0 Å². The van der Waals surface area contributed by atoms with Gasteiger partial charge in [-0.3, -0.25) is 4.90 Å². The van der Waals surface area contributed by atoms with E-state index in [2.05, 4.69) is 33.9 Å². The quantitative estimate of drug-likeness (QED) is 0.919. The molecule has 1 saturated heterocycles. The van der Waals surface area contributed by atoms with Crippen LogP contribution in [0.25, 0.3) is 0 Å². The molecule has 1 fully saturated rings. The summed E-state index contributed by atoms with van der Waals surface area (Å²) in [5.74, 6) is 0.900. The molecule has 1 atom stereocenters. The van der Waals surface area contributed by atoms with E-state index >= 15 is 0 Å². The number of morpholine rings is 1. The zero-order chi connectivity index (χ0) is 15.4. The number of nitrogens with one attached hydrogen (secondary N) is 1. The molecule has 0 spiro atoms. The summed E-state index contributed by atoms with van der Waals surface area (Å²) in [4.78, 5) is 9.94. The Morgan fingerprint density at radius 1 is 1.45 bits per heavy atom. The third-order valence-electron chi connectivity index (χ3n) is 4.13. The lowest BCUT2D eigenvalue weighted by Crippen LogP contribution is -2.43. The van der Waals surface area contributed by atoms with Crippen LogP contribution in [0.15, 0.2) is 30.6 Å². The third kappa shape index (κ3) is 3.67. The molecular weight excluding hydrogens is 278 g/mol. The zero-order valence-electron chi connectivity index (χ0n) is 13.2. The Labute approximate surface area is 131 Å². The van der Waals surface area contributed by atoms with E-state index in [1.807, 2.05) is 12.1 Å². The van der Waals surface area contributed by atoms with Crippen LogP contribution in [-0.2, 0) is 17.7 Å². The first-order chi connectivity index (χ1) is 10.7. The maximum Gasteiger partial charge on any atom is 0.119 e. The van der Waals surface area contributed by atoms with E-state index in [1.165, 1.54) is 5.56 Å². The molecule has 2 aromatic rings. The number of hydrogen-bond acceptors (Lipinski definition) is 4. The maximum absolute atomic E-state index is 5.92. The molecule has 1 aliphatic rings. The molecule has 1 aliphatic heterocycles. The summed E-state index contributed by atoms with van der Waals surface area (Å²) in [6.07, 6.45) is 2.90. The van der Waals surface area contributed by atoms with Gasteiger partial charge in [0.15, 0.2) is 0 Å². The molecule has 1 unspecified atom stereocenters. The van der Waals surface area contributed by atoms with Gasteiger partial charge in [-0.2, -0.15) is 0 Å². The van der Waals surface area contributed by atoms with Crippen LogP contribution in [0.2, 0.25) is 0 Å². The number of imidazole rings is 1. The third-order valence-corrected chi connectivity index (χ3v) is 4.13. The number of methoxy groups -OCH3 is 1. The number of H-pyrrole nitrogens is 1. The molecule has 0 radical (unpaired) electrons. The van der Waals surface area contributed by atoms with Crippen molar-refractivity contribution in [1.29, 1.82) is 0 Å². The van der Waals surface area contributed by atoms with Crippen molar-refractivity contribution in [2.75, 3.05) is 26.8 Å². The number of hydrogen-bond donors (Lipinski definition) is 1. The van der Waals surface area contributed by atoms with Gasteiger partial charge in [0.1, 0.15) is 5.75 Å². The molecule has 2 heterocycles. The van der Waals surface area contributed by atoms with Crippen molar-refractivity contribution >= 4 is 0 Å². The Balaban J connectivity index is 1.59. The van der Waals surface area contributed by atoms with E-state index in [9.17, 15) is 0 Å². The summed E-state index contributed by atoms with van der Waals surface area (Å²) >= 11 is 0. The van der Waals surface area contributed by atoms with Gasteiger partial charge in [-0.15, -0.1) is 0 Å². The highest BCUT2D eigenvalue weighted by Crippen LogP contribution is 2.18. The van der Waals surface area contributed by atoms with E-state index < -0.39 is 0 Å². The summed E-state index contributed by atoms with van der Waals surface area (Å²) in [5, 5.41) is 0. The number of rotatable bonds is 5. The minimum Gasteiger partial charge on any atom is -0.497 e. The Morgan fingerprint density at radius 3 is 3.14 bits per heavy atom. The monoisotopic (exact) mass is 301 g/mol. The number of benzene rings is 1. The van der Waals surface area contributed by atoms with Crippen LogP contribution >= 0.6 is 0 Å². The molecule has 0 amide bonds. The molecule has 0 saturated carbocycles. The minimum absolute atomic E-state index is 0.222. The molecule has 0 bridgehead atoms. The molecule has 0 aliphatic carbocycles. The predicted octanol–water partition coefficient (Wildman–Crippen LogP) is 2.17. The molecule has 5 nitrogen and oxygen atoms in total. The van der Waals surface area contributed by atoms with Gasteiger partial charge in [0.05, 0.1) is 31.8 Å². The topological polar surface area (TPSA) is 50.4 Å². The lowest BCUT2D eigenvalue weighted by atomic mass is 10.1. The fourth-order valence-corrected chi connectivity index (χ4v) is 2.87. The molecule has 118 valence electrons. The van der Waals surface area contributed by atoms with Crippen LogP contribution in [0, 0.1) is 6.92 Å². The van der Waals surface area contributed by atoms with Gasteiger partial charge >= 0.3 is 0 Å². The van der Waals surface area contributed by atoms with Crippen molar-refractivity contribution in [2.45, 2.75) is 26.0 Å². The summed E-state index contributed by atoms with van der Waals surface area (Å²) < 4.78 is 11.2. The minimum atomic E-state index is 0.222. The average molecular weight is 301 g/mol. The van der Waals surface area contributed by atoms with Gasteiger partial charge in [0.25, 0.3) is 0 Å². The van der Waals surface area contributed by atoms with E-state index in [1.54, 1.807) is 13.4 Å². The van der Waals surface area contributed by atoms with Crippen molar-refractivity contribution in [2.24, 2.45) is 0 Å². The normalized spacial score (nSPS) is 19.3. The smallest absolute Gasteiger partial charge is 0.119 e. The van der Waals surface area contributed by atoms with Crippen molar-refractivity contribution in [3.8, 4) is 5.75 Å². The molecule has 1 aromatic carbocycles.